The predicted octanol–water partition coefficient (Wildman–Crippen LogP) is 2.56. The van der Waals surface area contributed by atoms with Crippen molar-refractivity contribution in [1.29, 1.82) is 0 Å². The fourth-order valence-electron chi connectivity index (χ4n) is 2.43. The lowest BCUT2D eigenvalue weighted by Gasteiger charge is -2.24. The molecule has 3 N–H and O–H groups in total. The zero-order valence-electron chi connectivity index (χ0n) is 12.2. The first kappa shape index (κ1) is 15.0. The third-order valence-corrected chi connectivity index (χ3v) is 3.45. The highest BCUT2D eigenvalue weighted by Gasteiger charge is 2.19. The molecule has 3 nitrogen and oxygen atoms in total. The standard InChI is InChI=1S/C15H26N2O/c1-10-6-12(3)15(14(8-10)18-5)13(17-4)7-11(2)9-16/h6,8,11,13,17H,7,9,16H2,1-5H3. The normalized spacial score (nSPS) is 14.3. The molecule has 2 atom stereocenters. The topological polar surface area (TPSA) is 47.3 Å². The van der Waals surface area contributed by atoms with E-state index in [9.17, 15) is 0 Å². The molecule has 1 aromatic carbocycles. The number of hydrogen-bond donors (Lipinski definition) is 2. The molecular weight excluding hydrogens is 224 g/mol. The fourth-order valence-corrected chi connectivity index (χ4v) is 2.43. The summed E-state index contributed by atoms with van der Waals surface area (Å²) in [4.78, 5) is 0. The molecule has 0 saturated heterocycles. The summed E-state index contributed by atoms with van der Waals surface area (Å²) in [7, 11) is 3.73. The van der Waals surface area contributed by atoms with Gasteiger partial charge >= 0.3 is 0 Å². The molecule has 102 valence electrons. The summed E-state index contributed by atoms with van der Waals surface area (Å²) < 4.78 is 5.53. The maximum absolute atomic E-state index is 5.73. The van der Waals surface area contributed by atoms with E-state index in [1.54, 1.807) is 7.11 Å². The minimum Gasteiger partial charge on any atom is -0.496 e. The van der Waals surface area contributed by atoms with Crippen LogP contribution in [0.3, 0.4) is 0 Å². The molecule has 3 heteroatoms. The van der Waals surface area contributed by atoms with E-state index in [-0.39, 0.29) is 0 Å². The van der Waals surface area contributed by atoms with Crippen molar-refractivity contribution >= 4 is 0 Å². The Morgan fingerprint density at radius 1 is 1.33 bits per heavy atom. The molecule has 0 aliphatic heterocycles. The first-order valence-electron chi connectivity index (χ1n) is 6.55. The highest BCUT2D eigenvalue weighted by Crippen LogP contribution is 2.33. The van der Waals surface area contributed by atoms with Crippen LogP contribution in [0.25, 0.3) is 0 Å². The molecule has 18 heavy (non-hydrogen) atoms. The number of hydrogen-bond acceptors (Lipinski definition) is 3. The third-order valence-electron chi connectivity index (χ3n) is 3.45. The lowest BCUT2D eigenvalue weighted by Crippen LogP contribution is -2.23. The molecule has 0 fully saturated rings. The van der Waals surface area contributed by atoms with Crippen LogP contribution in [0.4, 0.5) is 0 Å². The van der Waals surface area contributed by atoms with Crippen LogP contribution in [0.5, 0.6) is 5.75 Å². The van der Waals surface area contributed by atoms with Crippen molar-refractivity contribution in [2.45, 2.75) is 33.2 Å². The van der Waals surface area contributed by atoms with Crippen LogP contribution in [0, 0.1) is 19.8 Å². The average molecular weight is 250 g/mol. The van der Waals surface area contributed by atoms with Gasteiger partial charge < -0.3 is 15.8 Å². The second-order valence-corrected chi connectivity index (χ2v) is 5.12. The first-order valence-corrected chi connectivity index (χ1v) is 6.55. The molecular formula is C15H26N2O. The Balaban J connectivity index is 3.11. The lowest BCUT2D eigenvalue weighted by atomic mass is 9.91. The minimum atomic E-state index is 0.291. The van der Waals surface area contributed by atoms with Crippen molar-refractivity contribution < 1.29 is 4.74 Å². The Morgan fingerprint density at radius 2 is 2.00 bits per heavy atom. The van der Waals surface area contributed by atoms with Crippen LogP contribution >= 0.6 is 0 Å². The Kier molecular flexibility index (Phi) is 5.63. The summed E-state index contributed by atoms with van der Waals surface area (Å²) in [6.07, 6.45) is 1.02. The largest absolute Gasteiger partial charge is 0.496 e. The number of nitrogens with one attached hydrogen (secondary N) is 1. The predicted molar refractivity (Wildman–Crippen MR) is 77.1 cm³/mol. The summed E-state index contributed by atoms with van der Waals surface area (Å²) in [5.74, 6) is 1.46. The molecule has 1 rings (SSSR count). The van der Waals surface area contributed by atoms with E-state index in [1.807, 2.05) is 7.05 Å². The van der Waals surface area contributed by atoms with E-state index in [2.05, 4.69) is 38.2 Å². The van der Waals surface area contributed by atoms with Gasteiger partial charge in [0, 0.05) is 11.6 Å². The van der Waals surface area contributed by atoms with Gasteiger partial charge in [-0.3, -0.25) is 0 Å². The van der Waals surface area contributed by atoms with E-state index in [0.29, 0.717) is 18.5 Å². The monoisotopic (exact) mass is 250 g/mol. The molecule has 1 aromatic rings. The van der Waals surface area contributed by atoms with Gasteiger partial charge in [0.1, 0.15) is 5.75 Å². The quantitative estimate of drug-likeness (QED) is 0.815. The van der Waals surface area contributed by atoms with Crippen LogP contribution in [-0.2, 0) is 0 Å². The van der Waals surface area contributed by atoms with E-state index in [0.717, 1.165) is 12.2 Å². The molecule has 0 radical (unpaired) electrons. The molecule has 0 saturated carbocycles. The summed E-state index contributed by atoms with van der Waals surface area (Å²) in [6.45, 7) is 7.13. The van der Waals surface area contributed by atoms with E-state index in [4.69, 9.17) is 10.5 Å². The molecule has 0 amide bonds. The second-order valence-electron chi connectivity index (χ2n) is 5.12. The Morgan fingerprint density at radius 3 is 2.50 bits per heavy atom. The summed E-state index contributed by atoms with van der Waals surface area (Å²) in [6, 6.07) is 4.59. The zero-order valence-corrected chi connectivity index (χ0v) is 12.2. The van der Waals surface area contributed by atoms with Gasteiger partial charge in [0.2, 0.25) is 0 Å². The molecule has 0 aliphatic carbocycles. The van der Waals surface area contributed by atoms with Gasteiger partial charge in [-0.15, -0.1) is 0 Å². The number of ether oxygens (including phenoxy) is 1. The highest BCUT2D eigenvalue weighted by molar-refractivity contribution is 5.45. The van der Waals surface area contributed by atoms with Crippen molar-refractivity contribution in [1.82, 2.24) is 5.32 Å². The lowest BCUT2D eigenvalue weighted by molar-refractivity contribution is 0.384. The van der Waals surface area contributed by atoms with Crippen LogP contribution < -0.4 is 15.8 Å². The number of aryl methyl sites for hydroxylation is 2. The first-order chi connectivity index (χ1) is 8.53. The molecule has 0 heterocycles. The van der Waals surface area contributed by atoms with Gasteiger partial charge in [0.25, 0.3) is 0 Å². The molecule has 2 unspecified atom stereocenters. The highest BCUT2D eigenvalue weighted by atomic mass is 16.5. The van der Waals surface area contributed by atoms with Gasteiger partial charge in [-0.25, -0.2) is 0 Å². The molecule has 0 bridgehead atoms. The van der Waals surface area contributed by atoms with Crippen LogP contribution in [-0.4, -0.2) is 20.7 Å². The van der Waals surface area contributed by atoms with Crippen molar-refractivity contribution in [3.05, 3.63) is 28.8 Å². The van der Waals surface area contributed by atoms with E-state index < -0.39 is 0 Å². The Hall–Kier alpha value is -1.06. The summed E-state index contributed by atoms with van der Waals surface area (Å²) in [5, 5.41) is 3.38. The van der Waals surface area contributed by atoms with Crippen molar-refractivity contribution in [2.75, 3.05) is 20.7 Å². The van der Waals surface area contributed by atoms with Crippen LogP contribution in [0.2, 0.25) is 0 Å². The fraction of sp³-hybridized carbons (Fsp3) is 0.600. The number of benzene rings is 1. The summed E-state index contributed by atoms with van der Waals surface area (Å²) >= 11 is 0. The van der Waals surface area contributed by atoms with E-state index in [1.165, 1.54) is 16.7 Å². The van der Waals surface area contributed by atoms with Crippen molar-refractivity contribution in [3.8, 4) is 5.75 Å². The Labute approximate surface area is 111 Å². The number of methoxy groups -OCH3 is 1. The Bertz CT molecular complexity index is 390. The van der Waals surface area contributed by atoms with Gasteiger partial charge in [-0.1, -0.05) is 13.0 Å². The molecule has 0 aromatic heterocycles. The van der Waals surface area contributed by atoms with Crippen LogP contribution in [0.15, 0.2) is 12.1 Å². The SMILES string of the molecule is CNC(CC(C)CN)c1c(C)cc(C)cc1OC. The zero-order chi connectivity index (χ0) is 13.7. The second kappa shape index (κ2) is 6.76. The van der Waals surface area contributed by atoms with Crippen LogP contribution in [0.1, 0.15) is 36.1 Å². The number of rotatable bonds is 6. The van der Waals surface area contributed by atoms with Gasteiger partial charge in [0.15, 0.2) is 0 Å². The van der Waals surface area contributed by atoms with Gasteiger partial charge in [-0.2, -0.15) is 0 Å². The third kappa shape index (κ3) is 3.47. The number of nitrogens with two attached hydrogens (primary N) is 1. The van der Waals surface area contributed by atoms with E-state index >= 15 is 0 Å². The maximum Gasteiger partial charge on any atom is 0.124 e. The molecule has 0 aliphatic rings. The van der Waals surface area contributed by atoms with Crippen molar-refractivity contribution in [3.63, 3.8) is 0 Å². The van der Waals surface area contributed by atoms with Gasteiger partial charge in [-0.05, 0) is 57.0 Å². The average Bonchev–Trinajstić information content (AvgIpc) is 2.35. The summed E-state index contributed by atoms with van der Waals surface area (Å²) in [5.41, 5.74) is 9.49. The molecule has 0 spiro atoms. The smallest absolute Gasteiger partial charge is 0.124 e. The van der Waals surface area contributed by atoms with Gasteiger partial charge in [0.05, 0.1) is 7.11 Å². The van der Waals surface area contributed by atoms with Crippen molar-refractivity contribution in [2.24, 2.45) is 11.7 Å². The minimum absolute atomic E-state index is 0.291. The maximum atomic E-state index is 5.73.